The van der Waals surface area contributed by atoms with E-state index >= 15 is 0 Å². The lowest BCUT2D eigenvalue weighted by Crippen LogP contribution is -1.99. The average molecular weight is 292 g/mol. The molecule has 0 bridgehead atoms. The van der Waals surface area contributed by atoms with E-state index in [-0.39, 0.29) is 11.6 Å². The highest BCUT2D eigenvalue weighted by atomic mass is 16.6. The van der Waals surface area contributed by atoms with Crippen LogP contribution in [0.2, 0.25) is 0 Å². The van der Waals surface area contributed by atoms with Crippen LogP contribution in [-0.2, 0) is 0 Å². The van der Waals surface area contributed by atoms with Gasteiger partial charge in [0.1, 0.15) is 6.07 Å². The highest BCUT2D eigenvalue weighted by Gasteiger charge is 2.15. The third-order valence-electron chi connectivity index (χ3n) is 3.44. The second-order valence-electron chi connectivity index (χ2n) is 5.23. The van der Waals surface area contributed by atoms with Crippen molar-refractivity contribution in [2.45, 2.75) is 13.8 Å². The second kappa shape index (κ2) is 6.68. The summed E-state index contributed by atoms with van der Waals surface area (Å²) in [6.07, 6.45) is 9.67. The summed E-state index contributed by atoms with van der Waals surface area (Å²) < 4.78 is 0. The van der Waals surface area contributed by atoms with E-state index in [1.807, 2.05) is 30.4 Å². The maximum absolute atomic E-state index is 10.7. The van der Waals surface area contributed by atoms with Crippen LogP contribution in [0.1, 0.15) is 19.4 Å². The van der Waals surface area contributed by atoms with Crippen molar-refractivity contribution in [1.29, 1.82) is 5.26 Å². The van der Waals surface area contributed by atoms with Crippen molar-refractivity contribution in [3.63, 3.8) is 0 Å². The Labute approximate surface area is 129 Å². The number of nitriles is 1. The van der Waals surface area contributed by atoms with Crippen LogP contribution in [0.25, 0.3) is 5.57 Å². The van der Waals surface area contributed by atoms with E-state index in [1.165, 1.54) is 12.1 Å². The molecule has 0 N–H and O–H groups in total. The summed E-state index contributed by atoms with van der Waals surface area (Å²) in [5, 5.41) is 20.3. The van der Waals surface area contributed by atoms with Gasteiger partial charge in [-0.1, -0.05) is 44.2 Å². The maximum Gasteiger partial charge on any atom is 0.269 e. The van der Waals surface area contributed by atoms with Crippen LogP contribution >= 0.6 is 0 Å². The Kier molecular flexibility index (Phi) is 4.70. The monoisotopic (exact) mass is 292 g/mol. The van der Waals surface area contributed by atoms with Crippen molar-refractivity contribution in [2.75, 3.05) is 0 Å². The van der Waals surface area contributed by atoms with Crippen LogP contribution < -0.4 is 0 Å². The Balaban J connectivity index is 2.58. The number of nitrogens with zero attached hydrogens (tertiary/aromatic N) is 2. The molecule has 0 unspecified atom stereocenters. The first kappa shape index (κ1) is 15.5. The van der Waals surface area contributed by atoms with Gasteiger partial charge in [-0.3, -0.25) is 10.1 Å². The third-order valence-corrected chi connectivity index (χ3v) is 3.44. The molecule has 1 aromatic carbocycles. The van der Waals surface area contributed by atoms with E-state index in [4.69, 9.17) is 0 Å². The first-order valence-corrected chi connectivity index (χ1v) is 6.99. The molecule has 0 saturated carbocycles. The van der Waals surface area contributed by atoms with E-state index in [9.17, 15) is 15.4 Å². The quantitative estimate of drug-likeness (QED) is 0.465. The highest BCUT2D eigenvalue weighted by Crippen LogP contribution is 2.30. The minimum absolute atomic E-state index is 0.0174. The molecule has 1 aromatic rings. The first-order chi connectivity index (χ1) is 10.5. The lowest BCUT2D eigenvalue weighted by molar-refractivity contribution is -0.384. The molecule has 2 rings (SSSR count). The molecule has 0 fully saturated rings. The van der Waals surface area contributed by atoms with Gasteiger partial charge in [-0.2, -0.15) is 5.26 Å². The third kappa shape index (κ3) is 3.21. The minimum atomic E-state index is -0.447. The van der Waals surface area contributed by atoms with E-state index in [2.05, 4.69) is 19.9 Å². The molecular formula is C18H16N2O2. The van der Waals surface area contributed by atoms with Gasteiger partial charge in [0.05, 0.1) is 10.5 Å². The van der Waals surface area contributed by atoms with E-state index in [0.717, 1.165) is 11.1 Å². The fourth-order valence-electron chi connectivity index (χ4n) is 2.32. The summed E-state index contributed by atoms with van der Waals surface area (Å²) in [7, 11) is 0. The van der Waals surface area contributed by atoms with Gasteiger partial charge in [-0.15, -0.1) is 0 Å². The molecule has 0 aliphatic heterocycles. The van der Waals surface area contributed by atoms with Gasteiger partial charge in [0, 0.05) is 12.1 Å². The van der Waals surface area contributed by atoms with Crippen molar-refractivity contribution in [3.05, 3.63) is 81.5 Å². The zero-order chi connectivity index (χ0) is 16.1. The molecule has 1 aliphatic rings. The predicted molar refractivity (Wildman–Crippen MR) is 86.8 cm³/mol. The molecule has 1 aliphatic carbocycles. The number of hydrogen-bond donors (Lipinski definition) is 0. The summed E-state index contributed by atoms with van der Waals surface area (Å²) >= 11 is 0. The minimum Gasteiger partial charge on any atom is -0.258 e. The van der Waals surface area contributed by atoms with Crippen LogP contribution in [0.3, 0.4) is 0 Å². The number of nitro benzene ring substituents is 1. The van der Waals surface area contributed by atoms with E-state index in [0.29, 0.717) is 11.1 Å². The molecule has 110 valence electrons. The molecule has 4 nitrogen and oxygen atoms in total. The molecule has 0 heterocycles. The van der Waals surface area contributed by atoms with E-state index < -0.39 is 4.92 Å². The van der Waals surface area contributed by atoms with Crippen LogP contribution in [0.5, 0.6) is 0 Å². The molecule has 0 aromatic heterocycles. The highest BCUT2D eigenvalue weighted by molar-refractivity contribution is 5.84. The van der Waals surface area contributed by atoms with Gasteiger partial charge in [-0.25, -0.2) is 0 Å². The lowest BCUT2D eigenvalue weighted by Gasteiger charge is -2.14. The number of benzene rings is 1. The summed E-state index contributed by atoms with van der Waals surface area (Å²) in [6.45, 7) is 4.15. The van der Waals surface area contributed by atoms with Crippen molar-refractivity contribution < 1.29 is 4.92 Å². The molecule has 22 heavy (non-hydrogen) atoms. The fourth-order valence-corrected chi connectivity index (χ4v) is 2.32. The predicted octanol–water partition coefficient (Wildman–Crippen LogP) is 4.58. The molecular weight excluding hydrogens is 276 g/mol. The zero-order valence-electron chi connectivity index (χ0n) is 12.5. The second-order valence-corrected chi connectivity index (χ2v) is 5.23. The molecule has 0 spiro atoms. The zero-order valence-corrected chi connectivity index (χ0v) is 12.5. The van der Waals surface area contributed by atoms with Crippen molar-refractivity contribution in [3.8, 4) is 6.07 Å². The van der Waals surface area contributed by atoms with Gasteiger partial charge in [0.15, 0.2) is 0 Å². The van der Waals surface area contributed by atoms with Gasteiger partial charge in [0.2, 0.25) is 0 Å². The molecule has 0 amide bonds. The summed E-state index contributed by atoms with van der Waals surface area (Å²) in [4.78, 5) is 10.3. The number of allylic oxidation sites excluding steroid dienone is 8. The number of nitro groups is 1. The summed E-state index contributed by atoms with van der Waals surface area (Å²) in [5.74, 6) is 0.267. The van der Waals surface area contributed by atoms with Crippen LogP contribution in [0.4, 0.5) is 5.69 Å². The Bertz CT molecular complexity index is 742. The van der Waals surface area contributed by atoms with Gasteiger partial charge in [-0.05, 0) is 34.8 Å². The lowest BCUT2D eigenvalue weighted by atomic mass is 9.89. The Hall–Kier alpha value is -2.93. The first-order valence-electron chi connectivity index (χ1n) is 6.99. The molecule has 0 atom stereocenters. The summed E-state index contributed by atoms with van der Waals surface area (Å²) in [5.41, 5.74) is 3.15. The number of hydrogen-bond acceptors (Lipinski definition) is 3. The molecule has 0 radical (unpaired) electrons. The summed E-state index contributed by atoms with van der Waals surface area (Å²) in [6, 6.07) is 8.32. The SMILES string of the molecule is CC(C)C1=CC=CC=C/C1=C(\C#N)c1ccc([N+](=O)[O-])cc1. The van der Waals surface area contributed by atoms with Gasteiger partial charge in [0.25, 0.3) is 5.69 Å². The fraction of sp³-hybridized carbons (Fsp3) is 0.167. The maximum atomic E-state index is 10.7. The Morgan fingerprint density at radius 1 is 1.18 bits per heavy atom. The van der Waals surface area contributed by atoms with Crippen LogP contribution in [0, 0.1) is 27.4 Å². The van der Waals surface area contributed by atoms with Gasteiger partial charge < -0.3 is 0 Å². The number of non-ortho nitro benzene ring substituents is 1. The smallest absolute Gasteiger partial charge is 0.258 e. The van der Waals surface area contributed by atoms with Crippen molar-refractivity contribution in [2.24, 2.45) is 5.92 Å². The average Bonchev–Trinajstić information content (AvgIpc) is 2.74. The Morgan fingerprint density at radius 3 is 2.41 bits per heavy atom. The largest absolute Gasteiger partial charge is 0.269 e. The topological polar surface area (TPSA) is 66.9 Å². The standard InChI is InChI=1S/C18H16N2O2/c1-13(2)16-6-4-3-5-7-17(16)18(12-19)14-8-10-15(11-9-14)20(21)22/h3-11,13H,1-2H3/b18-17-. The molecule has 4 heteroatoms. The Morgan fingerprint density at radius 2 is 1.86 bits per heavy atom. The van der Waals surface area contributed by atoms with Crippen molar-refractivity contribution in [1.82, 2.24) is 0 Å². The van der Waals surface area contributed by atoms with Gasteiger partial charge >= 0.3 is 0 Å². The molecule has 0 saturated heterocycles. The van der Waals surface area contributed by atoms with E-state index in [1.54, 1.807) is 12.1 Å². The van der Waals surface area contributed by atoms with Crippen LogP contribution in [0.15, 0.2) is 65.8 Å². The normalized spacial score (nSPS) is 16.0. The van der Waals surface area contributed by atoms with Crippen molar-refractivity contribution >= 4 is 11.3 Å². The number of rotatable bonds is 3. The van der Waals surface area contributed by atoms with Crippen LogP contribution in [-0.4, -0.2) is 4.92 Å².